The van der Waals surface area contributed by atoms with Crippen LogP contribution in [0.1, 0.15) is 21.6 Å². The van der Waals surface area contributed by atoms with Gasteiger partial charge in [0, 0.05) is 56.5 Å². The van der Waals surface area contributed by atoms with E-state index in [9.17, 15) is 4.79 Å². The van der Waals surface area contributed by atoms with E-state index in [0.29, 0.717) is 0 Å². The molecule has 0 atom stereocenters. The van der Waals surface area contributed by atoms with Crippen molar-refractivity contribution in [2.24, 2.45) is 7.05 Å². The van der Waals surface area contributed by atoms with Gasteiger partial charge < -0.3 is 10.1 Å². The molecule has 1 radical (unpaired) electrons. The van der Waals surface area contributed by atoms with Gasteiger partial charge in [-0.15, -0.1) is 29.7 Å². The Labute approximate surface area is 291 Å². The Balaban J connectivity index is 0.000000132. The van der Waals surface area contributed by atoms with E-state index >= 15 is 0 Å². The third-order valence-electron chi connectivity index (χ3n) is 8.27. The van der Waals surface area contributed by atoms with Crippen LogP contribution in [0.5, 0.6) is 0 Å². The largest absolute Gasteiger partial charge is 0.476 e. The van der Waals surface area contributed by atoms with Crippen molar-refractivity contribution in [2.45, 2.75) is 13.8 Å². The molecule has 0 aliphatic carbocycles. The standard InChI is InChI=1S/C18H13N.C18H12N.C5H6N2O2.Ir/c2*1-12-10-17-15-8-3-2-6-13(15)14-7-4-5-9-16(14)18(17)19-11-12;1-7-3-2-4(6-7)5(8)9;/h2-11H,1H3;2-8,10-11H,1H3;2-3H,1H3,(H,8,9);/q;-1;;. The Hall–Kier alpha value is -5.49. The van der Waals surface area contributed by atoms with E-state index < -0.39 is 5.97 Å². The molecule has 48 heavy (non-hydrogen) atoms. The molecule has 9 rings (SSSR count). The van der Waals surface area contributed by atoms with Crippen LogP contribution in [0.3, 0.4) is 0 Å². The van der Waals surface area contributed by atoms with Crippen LogP contribution in [-0.4, -0.2) is 30.8 Å². The number of aromatic carboxylic acids is 1. The number of aromatic nitrogens is 4. The van der Waals surface area contributed by atoms with Gasteiger partial charge in [0.05, 0.1) is 5.52 Å². The number of aryl methyl sites for hydroxylation is 3. The molecule has 0 saturated carbocycles. The van der Waals surface area contributed by atoms with Gasteiger partial charge in [-0.05, 0) is 69.6 Å². The third-order valence-corrected chi connectivity index (χ3v) is 8.27. The number of hydrogen-bond acceptors (Lipinski definition) is 4. The first kappa shape index (κ1) is 32.5. The van der Waals surface area contributed by atoms with Gasteiger partial charge in [0.2, 0.25) is 0 Å². The van der Waals surface area contributed by atoms with Crippen LogP contribution in [0.15, 0.2) is 128 Å². The molecule has 7 heteroatoms. The molecular weight excluding hydrogens is 773 g/mol. The molecule has 0 aliphatic rings. The summed E-state index contributed by atoms with van der Waals surface area (Å²) < 4.78 is 1.45. The number of carboxylic acid groups (broad SMARTS) is 1. The maximum absolute atomic E-state index is 10.1. The summed E-state index contributed by atoms with van der Waals surface area (Å²) in [6.07, 6.45) is 5.46. The molecule has 237 valence electrons. The summed E-state index contributed by atoms with van der Waals surface area (Å²) in [5, 5.41) is 24.4. The van der Waals surface area contributed by atoms with E-state index in [-0.39, 0.29) is 25.8 Å². The first-order chi connectivity index (χ1) is 22.9. The summed E-state index contributed by atoms with van der Waals surface area (Å²) in [6.45, 7) is 4.18. The quantitative estimate of drug-likeness (QED) is 0.132. The Morgan fingerprint density at radius 3 is 1.60 bits per heavy atom. The number of nitrogens with zero attached hydrogens (tertiary/aromatic N) is 4. The normalized spacial score (nSPS) is 10.8. The van der Waals surface area contributed by atoms with Crippen LogP contribution in [-0.2, 0) is 27.2 Å². The van der Waals surface area contributed by atoms with Gasteiger partial charge in [0.25, 0.3) is 0 Å². The number of rotatable bonds is 1. The Bertz CT molecular complexity index is 2380. The Kier molecular flexibility index (Phi) is 9.26. The first-order valence-corrected chi connectivity index (χ1v) is 15.4. The van der Waals surface area contributed by atoms with Crippen LogP contribution in [0.2, 0.25) is 0 Å². The van der Waals surface area contributed by atoms with Gasteiger partial charge in [0.15, 0.2) is 5.69 Å². The molecule has 9 aromatic rings. The second-order valence-electron chi connectivity index (χ2n) is 11.6. The van der Waals surface area contributed by atoms with Crippen molar-refractivity contribution in [1.82, 2.24) is 19.7 Å². The molecule has 6 nitrogen and oxygen atoms in total. The zero-order valence-electron chi connectivity index (χ0n) is 26.6. The van der Waals surface area contributed by atoms with Gasteiger partial charge >= 0.3 is 5.97 Å². The Morgan fingerprint density at radius 2 is 1.08 bits per heavy atom. The second-order valence-corrected chi connectivity index (χ2v) is 11.6. The zero-order valence-corrected chi connectivity index (χ0v) is 29.0. The van der Waals surface area contributed by atoms with Gasteiger partial charge in [-0.3, -0.25) is 9.67 Å². The monoisotopic (exact) mass is 804 g/mol. The number of pyridine rings is 2. The minimum atomic E-state index is -0.990. The minimum absolute atomic E-state index is 0. The van der Waals surface area contributed by atoms with Crippen LogP contribution in [0.4, 0.5) is 0 Å². The molecule has 0 aliphatic heterocycles. The summed E-state index contributed by atoms with van der Waals surface area (Å²) >= 11 is 0. The van der Waals surface area contributed by atoms with Gasteiger partial charge in [-0.25, -0.2) is 4.79 Å². The average Bonchev–Trinajstić information content (AvgIpc) is 3.56. The summed E-state index contributed by atoms with van der Waals surface area (Å²) in [5.74, 6) is -0.990. The Morgan fingerprint density at radius 1 is 0.625 bits per heavy atom. The minimum Gasteiger partial charge on any atom is -0.476 e. The molecule has 3 heterocycles. The maximum Gasteiger partial charge on any atom is 0.356 e. The fourth-order valence-corrected chi connectivity index (χ4v) is 6.18. The molecule has 0 bridgehead atoms. The van der Waals surface area contributed by atoms with Crippen LogP contribution in [0, 0.1) is 19.9 Å². The molecule has 0 fully saturated rings. The molecule has 0 amide bonds. The number of benzene rings is 6. The van der Waals surface area contributed by atoms with Gasteiger partial charge in [0.1, 0.15) is 0 Å². The fourth-order valence-electron chi connectivity index (χ4n) is 6.18. The van der Waals surface area contributed by atoms with Crippen molar-refractivity contribution in [3.8, 4) is 0 Å². The number of carboxylic acids is 1. The van der Waals surface area contributed by atoms with Crippen molar-refractivity contribution in [2.75, 3.05) is 0 Å². The van der Waals surface area contributed by atoms with E-state index in [0.717, 1.165) is 16.4 Å². The molecule has 0 unspecified atom stereocenters. The van der Waals surface area contributed by atoms with Crippen molar-refractivity contribution in [3.05, 3.63) is 151 Å². The number of carbonyl (C=O) groups is 1. The summed E-state index contributed by atoms with van der Waals surface area (Å²) in [6, 6.07) is 41.0. The zero-order chi connectivity index (χ0) is 32.5. The van der Waals surface area contributed by atoms with Crippen molar-refractivity contribution in [3.63, 3.8) is 0 Å². The third kappa shape index (κ3) is 6.14. The predicted octanol–water partition coefficient (Wildman–Crippen LogP) is 9.62. The topological polar surface area (TPSA) is 80.9 Å². The van der Waals surface area contributed by atoms with E-state index in [2.05, 4.69) is 126 Å². The van der Waals surface area contributed by atoms with Crippen LogP contribution < -0.4 is 0 Å². The summed E-state index contributed by atoms with van der Waals surface area (Å²) in [5.41, 5.74) is 4.61. The second kappa shape index (κ2) is 13.7. The van der Waals surface area contributed by atoms with Crippen LogP contribution in [0.25, 0.3) is 64.9 Å². The molecule has 6 aromatic carbocycles. The molecule has 3 aromatic heterocycles. The van der Waals surface area contributed by atoms with Crippen molar-refractivity contribution in [1.29, 1.82) is 0 Å². The van der Waals surface area contributed by atoms with Crippen molar-refractivity contribution < 1.29 is 30.0 Å². The molecular formula is C41H31IrN4O2-. The van der Waals surface area contributed by atoms with E-state index in [4.69, 9.17) is 5.11 Å². The summed E-state index contributed by atoms with van der Waals surface area (Å²) in [4.78, 5) is 19.4. The van der Waals surface area contributed by atoms with Crippen LogP contribution >= 0.6 is 0 Å². The molecule has 1 N–H and O–H groups in total. The first-order valence-electron chi connectivity index (χ1n) is 15.4. The van der Waals surface area contributed by atoms with E-state index in [1.165, 1.54) is 70.4 Å². The van der Waals surface area contributed by atoms with Gasteiger partial charge in [-0.1, -0.05) is 89.6 Å². The smallest absolute Gasteiger partial charge is 0.356 e. The average molecular weight is 804 g/mol. The fraction of sp³-hybridized carbons (Fsp3) is 0.0732. The van der Waals surface area contributed by atoms with Gasteiger partial charge in [-0.2, -0.15) is 5.10 Å². The SMILES string of the molecule is Cc1cnc2c3[c-]cccc3c3ccccc3c2c1.Cc1cnc2c3ccccc3c3ccccc3c2c1.Cn1ccc(C(=O)O)n1.[Ir]. The summed E-state index contributed by atoms with van der Waals surface area (Å²) in [7, 11) is 1.67. The maximum atomic E-state index is 10.1. The predicted molar refractivity (Wildman–Crippen MR) is 192 cm³/mol. The number of fused-ring (bicyclic) bond motifs is 12. The van der Waals surface area contributed by atoms with Crippen molar-refractivity contribution >= 4 is 70.9 Å². The van der Waals surface area contributed by atoms with E-state index in [1.54, 1.807) is 13.2 Å². The molecule has 0 spiro atoms. The molecule has 0 saturated heterocycles. The number of hydrogen-bond donors (Lipinski definition) is 1. The van der Waals surface area contributed by atoms with E-state index in [1.807, 2.05) is 24.5 Å².